The Hall–Kier alpha value is -0.720. The molecule has 16 heavy (non-hydrogen) atoms. The molecule has 0 spiro atoms. The molecule has 0 aliphatic heterocycles. The Kier molecular flexibility index (Phi) is 5.11. The number of unbranched alkanes of at least 4 members (excludes halogenated alkanes) is 1. The standard InChI is InChI=1S/C11H15IN2O2/c1-8(15)5-3-4-6-14-9(2)13-7-10(12)11(14)16/h7H,3-6H2,1-2H3. The first-order chi connectivity index (χ1) is 7.52. The van der Waals surface area contributed by atoms with Gasteiger partial charge in [-0.3, -0.25) is 9.36 Å². The Balaban J connectivity index is 2.63. The van der Waals surface area contributed by atoms with E-state index in [-0.39, 0.29) is 11.3 Å². The number of hydrogen-bond acceptors (Lipinski definition) is 3. The molecule has 0 radical (unpaired) electrons. The first kappa shape index (κ1) is 13.3. The monoisotopic (exact) mass is 334 g/mol. The first-order valence-corrected chi connectivity index (χ1v) is 6.31. The van der Waals surface area contributed by atoms with Gasteiger partial charge in [-0.2, -0.15) is 0 Å². The Bertz CT molecular complexity index is 440. The first-order valence-electron chi connectivity index (χ1n) is 5.23. The second-order valence-corrected chi connectivity index (χ2v) is 4.93. The fraction of sp³-hybridized carbons (Fsp3) is 0.545. The van der Waals surface area contributed by atoms with Gasteiger partial charge in [0.1, 0.15) is 11.6 Å². The van der Waals surface area contributed by atoms with Crippen molar-refractivity contribution in [1.82, 2.24) is 9.55 Å². The highest BCUT2D eigenvalue weighted by Crippen LogP contribution is 2.02. The molecule has 0 amide bonds. The molecule has 0 atom stereocenters. The summed E-state index contributed by atoms with van der Waals surface area (Å²) < 4.78 is 2.30. The van der Waals surface area contributed by atoms with E-state index in [0.717, 1.165) is 18.7 Å². The van der Waals surface area contributed by atoms with E-state index in [0.29, 0.717) is 16.5 Å². The van der Waals surface area contributed by atoms with E-state index in [1.165, 1.54) is 0 Å². The van der Waals surface area contributed by atoms with Crippen molar-refractivity contribution in [1.29, 1.82) is 0 Å². The minimum Gasteiger partial charge on any atom is -0.300 e. The molecule has 5 heteroatoms. The van der Waals surface area contributed by atoms with Crippen LogP contribution < -0.4 is 5.56 Å². The number of halogens is 1. The summed E-state index contributed by atoms with van der Waals surface area (Å²) in [6.45, 7) is 4.05. The Morgan fingerprint density at radius 2 is 2.19 bits per heavy atom. The molecule has 0 aromatic carbocycles. The molecular weight excluding hydrogens is 319 g/mol. The summed E-state index contributed by atoms with van der Waals surface area (Å²) in [4.78, 5) is 26.7. The predicted molar refractivity (Wildman–Crippen MR) is 70.5 cm³/mol. The van der Waals surface area contributed by atoms with Gasteiger partial charge in [0, 0.05) is 19.2 Å². The lowest BCUT2D eigenvalue weighted by molar-refractivity contribution is -0.117. The molecule has 0 N–H and O–H groups in total. The highest BCUT2D eigenvalue weighted by molar-refractivity contribution is 14.1. The van der Waals surface area contributed by atoms with Gasteiger partial charge in [0.05, 0.1) is 3.57 Å². The lowest BCUT2D eigenvalue weighted by atomic mass is 10.2. The van der Waals surface area contributed by atoms with Crippen LogP contribution in [0, 0.1) is 10.5 Å². The van der Waals surface area contributed by atoms with E-state index in [9.17, 15) is 9.59 Å². The van der Waals surface area contributed by atoms with Gasteiger partial charge in [-0.15, -0.1) is 0 Å². The Morgan fingerprint density at radius 1 is 1.50 bits per heavy atom. The molecule has 1 rings (SSSR count). The summed E-state index contributed by atoms with van der Waals surface area (Å²) in [6.07, 6.45) is 3.84. The normalized spacial score (nSPS) is 10.4. The van der Waals surface area contributed by atoms with E-state index >= 15 is 0 Å². The maximum atomic E-state index is 11.8. The van der Waals surface area contributed by atoms with Crippen molar-refractivity contribution in [3.05, 3.63) is 25.9 Å². The largest absolute Gasteiger partial charge is 0.300 e. The highest BCUT2D eigenvalue weighted by atomic mass is 127. The number of carbonyl (C=O) groups excluding carboxylic acids is 1. The molecule has 0 saturated heterocycles. The SMILES string of the molecule is CC(=O)CCCCn1c(C)ncc(I)c1=O. The van der Waals surface area contributed by atoms with Gasteiger partial charge < -0.3 is 4.79 Å². The van der Waals surface area contributed by atoms with Gasteiger partial charge in [0.15, 0.2) is 0 Å². The summed E-state index contributed by atoms with van der Waals surface area (Å²) >= 11 is 1.99. The number of carbonyl (C=O) groups is 1. The number of aromatic nitrogens is 2. The molecule has 1 heterocycles. The third kappa shape index (κ3) is 3.70. The highest BCUT2D eigenvalue weighted by Gasteiger charge is 2.04. The molecule has 1 aromatic rings. The number of ketones is 1. The van der Waals surface area contributed by atoms with Crippen molar-refractivity contribution in [3.63, 3.8) is 0 Å². The van der Waals surface area contributed by atoms with Gasteiger partial charge in [0.2, 0.25) is 0 Å². The maximum Gasteiger partial charge on any atom is 0.266 e. The lowest BCUT2D eigenvalue weighted by Gasteiger charge is -2.08. The fourth-order valence-electron chi connectivity index (χ4n) is 1.46. The number of nitrogens with zero attached hydrogens (tertiary/aromatic N) is 2. The summed E-state index contributed by atoms with van der Waals surface area (Å²) in [5.74, 6) is 0.929. The molecular formula is C11H15IN2O2. The fourth-order valence-corrected chi connectivity index (χ4v) is 1.89. The van der Waals surface area contributed by atoms with E-state index in [2.05, 4.69) is 4.98 Å². The van der Waals surface area contributed by atoms with Crippen LogP contribution in [0.15, 0.2) is 11.0 Å². The maximum absolute atomic E-state index is 11.8. The molecule has 0 bridgehead atoms. The average Bonchev–Trinajstić information content (AvgIpc) is 2.22. The summed E-state index contributed by atoms with van der Waals surface area (Å²) in [5.41, 5.74) is 0.0101. The topological polar surface area (TPSA) is 52.0 Å². The van der Waals surface area contributed by atoms with Crippen LogP contribution in [0.4, 0.5) is 0 Å². The van der Waals surface area contributed by atoms with Crippen LogP contribution in [0.5, 0.6) is 0 Å². The second-order valence-electron chi connectivity index (χ2n) is 3.77. The van der Waals surface area contributed by atoms with Crippen molar-refractivity contribution in [3.8, 4) is 0 Å². The zero-order chi connectivity index (χ0) is 12.1. The van der Waals surface area contributed by atoms with Crippen LogP contribution in [0.3, 0.4) is 0 Å². The van der Waals surface area contributed by atoms with Crippen molar-refractivity contribution >= 4 is 28.4 Å². The molecule has 0 fully saturated rings. The van der Waals surface area contributed by atoms with Crippen LogP contribution in [0.2, 0.25) is 0 Å². The Labute approximate surface area is 108 Å². The van der Waals surface area contributed by atoms with Crippen molar-refractivity contribution in [2.24, 2.45) is 0 Å². The zero-order valence-electron chi connectivity index (χ0n) is 9.49. The summed E-state index contributed by atoms with van der Waals surface area (Å²) in [5, 5.41) is 0. The second kappa shape index (κ2) is 6.12. The average molecular weight is 334 g/mol. The number of Topliss-reactive ketones (excluding diaryl/α,β-unsaturated/α-hetero) is 1. The quantitative estimate of drug-likeness (QED) is 0.611. The van der Waals surface area contributed by atoms with Gasteiger partial charge in [-0.25, -0.2) is 4.98 Å². The molecule has 88 valence electrons. The van der Waals surface area contributed by atoms with E-state index < -0.39 is 0 Å². The molecule has 0 unspecified atom stereocenters. The smallest absolute Gasteiger partial charge is 0.266 e. The van der Waals surface area contributed by atoms with E-state index in [1.807, 2.05) is 29.5 Å². The van der Waals surface area contributed by atoms with Crippen molar-refractivity contribution in [2.45, 2.75) is 39.7 Å². The van der Waals surface area contributed by atoms with Crippen molar-refractivity contribution < 1.29 is 4.79 Å². The molecule has 0 saturated carbocycles. The summed E-state index contributed by atoms with van der Waals surface area (Å²) in [7, 11) is 0. The Morgan fingerprint density at radius 3 is 2.81 bits per heavy atom. The van der Waals surface area contributed by atoms with E-state index in [4.69, 9.17) is 0 Å². The zero-order valence-corrected chi connectivity index (χ0v) is 11.7. The minimum absolute atomic E-state index is 0.0101. The van der Waals surface area contributed by atoms with Crippen LogP contribution in [-0.2, 0) is 11.3 Å². The third-order valence-electron chi connectivity index (χ3n) is 2.37. The molecule has 1 aromatic heterocycles. The minimum atomic E-state index is 0.0101. The van der Waals surface area contributed by atoms with E-state index in [1.54, 1.807) is 17.7 Å². The molecule has 0 aliphatic carbocycles. The van der Waals surface area contributed by atoms with Gasteiger partial charge in [0.25, 0.3) is 5.56 Å². The third-order valence-corrected chi connectivity index (χ3v) is 3.11. The van der Waals surface area contributed by atoms with Crippen LogP contribution in [-0.4, -0.2) is 15.3 Å². The lowest BCUT2D eigenvalue weighted by Crippen LogP contribution is -2.25. The van der Waals surface area contributed by atoms with Crippen LogP contribution >= 0.6 is 22.6 Å². The number of rotatable bonds is 5. The van der Waals surface area contributed by atoms with Crippen molar-refractivity contribution in [2.75, 3.05) is 0 Å². The van der Waals surface area contributed by atoms with Crippen LogP contribution in [0.1, 0.15) is 32.0 Å². The van der Waals surface area contributed by atoms with Gasteiger partial charge in [-0.1, -0.05) is 0 Å². The summed E-state index contributed by atoms with van der Waals surface area (Å²) in [6, 6.07) is 0. The predicted octanol–water partition coefficient (Wildman–Crippen LogP) is 1.92. The van der Waals surface area contributed by atoms with Crippen LogP contribution in [0.25, 0.3) is 0 Å². The van der Waals surface area contributed by atoms with Gasteiger partial charge >= 0.3 is 0 Å². The van der Waals surface area contributed by atoms with Gasteiger partial charge in [-0.05, 0) is 49.3 Å². The molecule has 0 aliphatic rings. The molecule has 4 nitrogen and oxygen atoms in total. The number of hydrogen-bond donors (Lipinski definition) is 0. The number of aryl methyl sites for hydroxylation is 1.